The molecule has 1 atom stereocenters. The van der Waals surface area contributed by atoms with Gasteiger partial charge in [-0.2, -0.15) is 0 Å². The molecule has 0 radical (unpaired) electrons. The number of ether oxygens (including phenoxy) is 2. The molecule has 0 saturated heterocycles. The minimum absolute atomic E-state index is 0.184. The van der Waals surface area contributed by atoms with Crippen molar-refractivity contribution in [3.63, 3.8) is 0 Å². The van der Waals surface area contributed by atoms with Crippen molar-refractivity contribution in [3.05, 3.63) is 29.3 Å². The molecule has 0 fully saturated rings. The monoisotopic (exact) mass is 349 g/mol. The third-order valence-corrected chi connectivity index (χ3v) is 3.94. The van der Waals surface area contributed by atoms with Crippen LogP contribution in [0.2, 0.25) is 0 Å². The number of rotatable bonds is 4. The molecule has 6 heteroatoms. The molecule has 0 saturated carbocycles. The fourth-order valence-corrected chi connectivity index (χ4v) is 2.72. The quantitative estimate of drug-likeness (QED) is 0.871. The molecule has 25 heavy (non-hydrogen) atoms. The van der Waals surface area contributed by atoms with E-state index >= 15 is 0 Å². The molecule has 1 amide bonds. The number of aryl methyl sites for hydroxylation is 1. The lowest BCUT2D eigenvalue weighted by atomic mass is 9.92. The predicted molar refractivity (Wildman–Crippen MR) is 94.0 cm³/mol. The van der Waals surface area contributed by atoms with E-state index in [1.165, 1.54) is 0 Å². The predicted octanol–water partition coefficient (Wildman–Crippen LogP) is 3.31. The first-order valence-corrected chi connectivity index (χ1v) is 8.48. The summed E-state index contributed by atoms with van der Waals surface area (Å²) in [6.45, 7) is 9.29. The average Bonchev–Trinajstić information content (AvgIpc) is 2.44. The Hall–Kier alpha value is -2.24. The topological polar surface area (TPSA) is 84.9 Å². The van der Waals surface area contributed by atoms with Crippen LogP contribution in [0.4, 0.5) is 4.79 Å². The second kappa shape index (κ2) is 6.94. The van der Waals surface area contributed by atoms with Crippen LogP contribution in [-0.2, 0) is 22.4 Å². The van der Waals surface area contributed by atoms with Crippen LogP contribution in [0.3, 0.4) is 0 Å². The van der Waals surface area contributed by atoms with Crippen molar-refractivity contribution in [3.8, 4) is 5.75 Å². The molecule has 0 spiro atoms. The molecular weight excluding hydrogens is 322 g/mol. The highest BCUT2D eigenvalue weighted by Gasteiger charge is 2.28. The molecule has 0 aliphatic carbocycles. The number of nitrogens with one attached hydrogen (secondary N) is 1. The molecule has 0 aromatic heterocycles. The maximum Gasteiger partial charge on any atom is 0.408 e. The van der Waals surface area contributed by atoms with Gasteiger partial charge in [0.2, 0.25) is 0 Å². The molecule has 2 rings (SSSR count). The van der Waals surface area contributed by atoms with Crippen LogP contribution in [0.15, 0.2) is 18.2 Å². The van der Waals surface area contributed by atoms with Crippen molar-refractivity contribution in [2.45, 2.75) is 71.1 Å². The van der Waals surface area contributed by atoms with Gasteiger partial charge in [0.15, 0.2) is 0 Å². The van der Waals surface area contributed by atoms with Gasteiger partial charge in [0, 0.05) is 6.42 Å². The van der Waals surface area contributed by atoms with Gasteiger partial charge < -0.3 is 19.9 Å². The van der Waals surface area contributed by atoms with Crippen molar-refractivity contribution in [2.75, 3.05) is 0 Å². The highest BCUT2D eigenvalue weighted by molar-refractivity contribution is 5.80. The number of carboxylic acid groups (broad SMARTS) is 1. The van der Waals surface area contributed by atoms with Gasteiger partial charge in [-0.25, -0.2) is 9.59 Å². The third kappa shape index (κ3) is 5.66. The Morgan fingerprint density at radius 3 is 2.64 bits per heavy atom. The minimum Gasteiger partial charge on any atom is -0.488 e. The van der Waals surface area contributed by atoms with Gasteiger partial charge in [0.1, 0.15) is 23.0 Å². The summed E-state index contributed by atoms with van der Waals surface area (Å²) in [5.41, 5.74) is 1.04. The van der Waals surface area contributed by atoms with Crippen LogP contribution in [0.25, 0.3) is 0 Å². The van der Waals surface area contributed by atoms with Crippen molar-refractivity contribution < 1.29 is 24.2 Å². The molecule has 1 aromatic carbocycles. The Balaban J connectivity index is 2.08. The maximum atomic E-state index is 11.9. The van der Waals surface area contributed by atoms with Gasteiger partial charge in [-0.1, -0.05) is 12.1 Å². The summed E-state index contributed by atoms with van der Waals surface area (Å²) >= 11 is 0. The minimum atomic E-state index is -1.10. The standard InChI is InChI=1S/C19H27NO5/c1-18(2,3)25-17(23)20-14(16(21)22)11-12-6-7-15-13(10-12)8-9-19(4,5)24-15/h6-7,10,14H,8-9,11H2,1-5H3,(H,20,23)(H,21,22). The molecule has 1 aromatic rings. The Kier molecular flexibility index (Phi) is 5.30. The number of carboxylic acids is 1. The largest absolute Gasteiger partial charge is 0.488 e. The van der Waals surface area contributed by atoms with E-state index in [2.05, 4.69) is 19.2 Å². The van der Waals surface area contributed by atoms with Gasteiger partial charge in [0.05, 0.1) is 0 Å². The van der Waals surface area contributed by atoms with Gasteiger partial charge in [-0.05, 0) is 64.7 Å². The Morgan fingerprint density at radius 1 is 1.36 bits per heavy atom. The van der Waals surface area contributed by atoms with Crippen LogP contribution in [0.1, 0.15) is 52.2 Å². The molecule has 1 unspecified atom stereocenters. The van der Waals surface area contributed by atoms with Crippen LogP contribution in [0.5, 0.6) is 5.75 Å². The Morgan fingerprint density at radius 2 is 2.04 bits per heavy atom. The zero-order valence-corrected chi connectivity index (χ0v) is 15.5. The molecule has 1 heterocycles. The van der Waals surface area contributed by atoms with Crippen molar-refractivity contribution in [1.29, 1.82) is 0 Å². The number of fused-ring (bicyclic) bond motifs is 1. The van der Waals surface area contributed by atoms with Crippen molar-refractivity contribution in [1.82, 2.24) is 5.32 Å². The van der Waals surface area contributed by atoms with E-state index in [0.29, 0.717) is 0 Å². The summed E-state index contributed by atoms with van der Waals surface area (Å²) in [4.78, 5) is 23.3. The highest BCUT2D eigenvalue weighted by Crippen LogP contribution is 2.33. The lowest BCUT2D eigenvalue weighted by Gasteiger charge is -2.32. The number of hydrogen-bond acceptors (Lipinski definition) is 4. The first-order valence-electron chi connectivity index (χ1n) is 8.48. The second-order valence-electron chi connectivity index (χ2n) is 8.05. The zero-order valence-electron chi connectivity index (χ0n) is 15.5. The number of amides is 1. The fraction of sp³-hybridized carbons (Fsp3) is 0.579. The molecule has 0 bridgehead atoms. The fourth-order valence-electron chi connectivity index (χ4n) is 2.72. The van der Waals surface area contributed by atoms with Crippen LogP contribution in [0, 0.1) is 0 Å². The molecule has 138 valence electrons. The van der Waals surface area contributed by atoms with E-state index in [1.54, 1.807) is 20.8 Å². The SMILES string of the molecule is CC(C)(C)OC(=O)NC(Cc1ccc2c(c1)CCC(C)(C)O2)C(=O)O. The summed E-state index contributed by atoms with van der Waals surface area (Å²) < 4.78 is 11.1. The first kappa shape index (κ1) is 19.1. The number of hydrogen-bond donors (Lipinski definition) is 2. The summed E-state index contributed by atoms with van der Waals surface area (Å²) in [5.74, 6) is -0.257. The van der Waals surface area contributed by atoms with Crippen LogP contribution >= 0.6 is 0 Å². The average molecular weight is 349 g/mol. The lowest BCUT2D eigenvalue weighted by Crippen LogP contribution is -2.44. The van der Waals surface area contributed by atoms with E-state index in [0.717, 1.165) is 29.7 Å². The lowest BCUT2D eigenvalue weighted by molar-refractivity contribution is -0.139. The second-order valence-corrected chi connectivity index (χ2v) is 8.05. The number of carbonyl (C=O) groups is 2. The van der Waals surface area contributed by atoms with Gasteiger partial charge in [-0.15, -0.1) is 0 Å². The van der Waals surface area contributed by atoms with Crippen LogP contribution in [-0.4, -0.2) is 34.4 Å². The number of benzene rings is 1. The van der Waals surface area contributed by atoms with E-state index in [-0.39, 0.29) is 12.0 Å². The molecular formula is C19H27NO5. The zero-order chi connectivity index (χ0) is 18.8. The van der Waals surface area contributed by atoms with Gasteiger partial charge in [-0.3, -0.25) is 0 Å². The molecule has 1 aliphatic heterocycles. The number of alkyl carbamates (subject to hydrolysis) is 1. The first-order chi connectivity index (χ1) is 11.5. The van der Waals surface area contributed by atoms with E-state index < -0.39 is 23.7 Å². The van der Waals surface area contributed by atoms with Crippen molar-refractivity contribution in [2.24, 2.45) is 0 Å². The molecule has 6 nitrogen and oxygen atoms in total. The summed E-state index contributed by atoms with van der Waals surface area (Å²) in [7, 11) is 0. The Labute approximate surface area is 148 Å². The number of carbonyl (C=O) groups excluding carboxylic acids is 1. The van der Waals surface area contributed by atoms with Gasteiger partial charge >= 0.3 is 12.1 Å². The molecule has 1 aliphatic rings. The van der Waals surface area contributed by atoms with E-state index in [4.69, 9.17) is 9.47 Å². The number of aliphatic carboxylic acids is 1. The summed E-state index contributed by atoms with van der Waals surface area (Å²) in [6, 6.07) is 4.62. The molecule has 2 N–H and O–H groups in total. The summed E-state index contributed by atoms with van der Waals surface area (Å²) in [6.07, 6.45) is 1.24. The maximum absolute atomic E-state index is 11.9. The van der Waals surface area contributed by atoms with Crippen LogP contribution < -0.4 is 10.1 Å². The Bertz CT molecular complexity index is 660. The van der Waals surface area contributed by atoms with E-state index in [9.17, 15) is 14.7 Å². The van der Waals surface area contributed by atoms with Gasteiger partial charge in [0.25, 0.3) is 0 Å². The summed E-state index contributed by atoms with van der Waals surface area (Å²) in [5, 5.41) is 11.8. The smallest absolute Gasteiger partial charge is 0.408 e. The highest BCUT2D eigenvalue weighted by atomic mass is 16.6. The van der Waals surface area contributed by atoms with E-state index in [1.807, 2.05) is 18.2 Å². The third-order valence-electron chi connectivity index (χ3n) is 3.94. The van der Waals surface area contributed by atoms with Crippen molar-refractivity contribution >= 4 is 12.1 Å². The normalized spacial score (nSPS) is 17.0.